The summed E-state index contributed by atoms with van der Waals surface area (Å²) in [4.78, 5) is 6.16. The number of aromatic amines is 1. The van der Waals surface area contributed by atoms with Gasteiger partial charge in [0.25, 0.3) is 0 Å². The molecule has 0 amide bonds. The lowest BCUT2D eigenvalue weighted by atomic mass is 10.2. The van der Waals surface area contributed by atoms with E-state index >= 15 is 0 Å². The normalized spacial score (nSPS) is 11.8. The van der Waals surface area contributed by atoms with Crippen molar-refractivity contribution in [1.29, 1.82) is 0 Å². The van der Waals surface area contributed by atoms with Crippen molar-refractivity contribution >= 4 is 21.6 Å². The molecular weight excluding hydrogens is 319 g/mol. The number of benzene rings is 1. The molecule has 0 radical (unpaired) electrons. The number of imidazole rings is 1. The summed E-state index contributed by atoms with van der Waals surface area (Å²) in [6, 6.07) is 2.47. The van der Waals surface area contributed by atoms with E-state index in [2.05, 4.69) is 20.0 Å². The van der Waals surface area contributed by atoms with Crippen LogP contribution in [0.25, 0.3) is 0 Å². The number of nitrogens with one attached hydrogen (secondary N) is 3. The van der Waals surface area contributed by atoms with Gasteiger partial charge in [-0.2, -0.15) is 0 Å². The van der Waals surface area contributed by atoms with Crippen molar-refractivity contribution in [3.8, 4) is 0 Å². The monoisotopic (exact) mass is 332 g/mol. The van der Waals surface area contributed by atoms with Gasteiger partial charge in [-0.1, -0.05) is 11.6 Å². The first kappa shape index (κ1) is 15.9. The second-order valence-corrected chi connectivity index (χ2v) is 6.44. The van der Waals surface area contributed by atoms with Crippen LogP contribution in [0, 0.1) is 5.82 Å². The third-order valence-electron chi connectivity index (χ3n) is 2.72. The Labute approximate surface area is 126 Å². The predicted octanol–water partition coefficient (Wildman–Crippen LogP) is 1.40. The van der Waals surface area contributed by atoms with Gasteiger partial charge in [0.1, 0.15) is 16.5 Å². The largest absolute Gasteiger partial charge is 0.347 e. The van der Waals surface area contributed by atoms with Crippen LogP contribution in [0.2, 0.25) is 5.02 Å². The fourth-order valence-electron chi connectivity index (χ4n) is 1.77. The van der Waals surface area contributed by atoms with Crippen molar-refractivity contribution in [2.75, 3.05) is 7.05 Å². The van der Waals surface area contributed by atoms with E-state index in [9.17, 15) is 12.8 Å². The number of hydrogen-bond acceptors (Lipinski definition) is 4. The number of sulfonamides is 1. The molecule has 0 saturated carbocycles. The highest BCUT2D eigenvalue weighted by atomic mass is 35.5. The van der Waals surface area contributed by atoms with Crippen molar-refractivity contribution in [1.82, 2.24) is 20.0 Å². The van der Waals surface area contributed by atoms with Crippen molar-refractivity contribution in [3.63, 3.8) is 0 Å². The number of hydrogen-bond donors (Lipinski definition) is 3. The minimum atomic E-state index is -4.03. The van der Waals surface area contributed by atoms with Crippen LogP contribution >= 0.6 is 11.6 Å². The Kier molecular flexibility index (Phi) is 4.94. The van der Waals surface area contributed by atoms with Crippen molar-refractivity contribution in [2.24, 2.45) is 0 Å². The highest BCUT2D eigenvalue weighted by Crippen LogP contribution is 2.23. The van der Waals surface area contributed by atoms with E-state index in [1.54, 1.807) is 13.2 Å². The summed E-state index contributed by atoms with van der Waals surface area (Å²) < 4.78 is 40.9. The van der Waals surface area contributed by atoms with Gasteiger partial charge >= 0.3 is 0 Å². The molecule has 2 rings (SSSR count). The zero-order chi connectivity index (χ0) is 15.5. The summed E-state index contributed by atoms with van der Waals surface area (Å²) in [5.41, 5.74) is 0.184. The average molecular weight is 333 g/mol. The highest BCUT2D eigenvalue weighted by Gasteiger charge is 2.22. The van der Waals surface area contributed by atoms with Crippen LogP contribution in [0.5, 0.6) is 0 Å². The highest BCUT2D eigenvalue weighted by molar-refractivity contribution is 7.89. The van der Waals surface area contributed by atoms with Crippen LogP contribution < -0.4 is 10.0 Å². The third-order valence-corrected chi connectivity index (χ3v) is 4.34. The molecular formula is C12H14ClFN4O2S. The topological polar surface area (TPSA) is 86.9 Å². The molecule has 6 nitrogen and oxygen atoms in total. The maximum Gasteiger partial charge on any atom is 0.243 e. The first-order valence-electron chi connectivity index (χ1n) is 6.04. The summed E-state index contributed by atoms with van der Waals surface area (Å²) >= 11 is 5.86. The van der Waals surface area contributed by atoms with E-state index < -0.39 is 20.7 Å². The summed E-state index contributed by atoms with van der Waals surface area (Å²) in [5.74, 6) is -0.392. The molecule has 0 aliphatic carbocycles. The van der Waals surface area contributed by atoms with Gasteiger partial charge in [-0.25, -0.2) is 22.5 Å². The molecule has 0 saturated heterocycles. The molecule has 1 aromatic heterocycles. The number of aromatic nitrogens is 2. The van der Waals surface area contributed by atoms with E-state index in [1.807, 2.05) is 0 Å². The molecule has 114 valence electrons. The second kappa shape index (κ2) is 6.52. The average Bonchev–Trinajstić information content (AvgIpc) is 2.94. The Balaban J connectivity index is 2.30. The van der Waals surface area contributed by atoms with Crippen molar-refractivity contribution < 1.29 is 12.8 Å². The number of H-pyrrole nitrogens is 1. The molecule has 1 heterocycles. The van der Waals surface area contributed by atoms with Gasteiger partial charge in [0.05, 0.1) is 6.54 Å². The molecule has 2 aromatic rings. The Morgan fingerprint density at radius 2 is 2.14 bits per heavy atom. The first-order chi connectivity index (χ1) is 9.94. The summed E-state index contributed by atoms with van der Waals surface area (Å²) in [6.45, 7) is 0.107. The van der Waals surface area contributed by atoms with E-state index in [1.165, 1.54) is 12.3 Å². The quantitative estimate of drug-likeness (QED) is 0.746. The Bertz CT molecular complexity index is 719. The molecule has 0 spiro atoms. The predicted molar refractivity (Wildman–Crippen MR) is 76.8 cm³/mol. The van der Waals surface area contributed by atoms with Crippen LogP contribution in [0.3, 0.4) is 0 Å². The van der Waals surface area contributed by atoms with Gasteiger partial charge < -0.3 is 10.3 Å². The zero-order valence-electron chi connectivity index (χ0n) is 11.2. The lowest BCUT2D eigenvalue weighted by molar-refractivity contribution is 0.545. The fourth-order valence-corrected chi connectivity index (χ4v) is 3.21. The van der Waals surface area contributed by atoms with Crippen LogP contribution in [0.4, 0.5) is 4.39 Å². The van der Waals surface area contributed by atoms with Gasteiger partial charge in [0, 0.05) is 29.5 Å². The lowest BCUT2D eigenvalue weighted by Gasteiger charge is -2.10. The molecule has 3 N–H and O–H groups in total. The summed E-state index contributed by atoms with van der Waals surface area (Å²) in [5, 5.41) is 2.91. The standard InChI is InChI=1S/C12H14ClFN4O2S/c1-15-6-8-4-9(13)5-10(12(8)14)21(19,20)18-7-11-16-2-3-17-11/h2-5,15,18H,6-7H2,1H3,(H,16,17). The first-order valence-corrected chi connectivity index (χ1v) is 7.90. The van der Waals surface area contributed by atoms with E-state index in [0.717, 1.165) is 6.07 Å². The molecule has 0 aliphatic heterocycles. The summed E-state index contributed by atoms with van der Waals surface area (Å²) in [6.07, 6.45) is 3.06. The number of rotatable bonds is 6. The van der Waals surface area contributed by atoms with E-state index in [0.29, 0.717) is 5.82 Å². The molecule has 0 aliphatic rings. The van der Waals surface area contributed by atoms with Gasteiger partial charge in [0.2, 0.25) is 10.0 Å². The minimum Gasteiger partial charge on any atom is -0.347 e. The smallest absolute Gasteiger partial charge is 0.243 e. The van der Waals surface area contributed by atoms with Crippen molar-refractivity contribution in [2.45, 2.75) is 18.0 Å². The molecule has 21 heavy (non-hydrogen) atoms. The Morgan fingerprint density at radius 1 is 1.38 bits per heavy atom. The number of halogens is 2. The zero-order valence-corrected chi connectivity index (χ0v) is 12.7. The Morgan fingerprint density at radius 3 is 2.76 bits per heavy atom. The van der Waals surface area contributed by atoms with Crippen LogP contribution in [-0.4, -0.2) is 25.4 Å². The third kappa shape index (κ3) is 3.79. The van der Waals surface area contributed by atoms with Gasteiger partial charge in [-0.15, -0.1) is 0 Å². The van der Waals surface area contributed by atoms with Gasteiger partial charge in [-0.3, -0.25) is 0 Å². The second-order valence-electron chi connectivity index (χ2n) is 4.27. The lowest BCUT2D eigenvalue weighted by Crippen LogP contribution is -2.25. The minimum absolute atomic E-state index is 0.0668. The van der Waals surface area contributed by atoms with E-state index in [4.69, 9.17) is 11.6 Å². The van der Waals surface area contributed by atoms with Crippen LogP contribution in [-0.2, 0) is 23.1 Å². The van der Waals surface area contributed by atoms with Crippen molar-refractivity contribution in [3.05, 3.63) is 46.8 Å². The maximum absolute atomic E-state index is 14.3. The van der Waals surface area contributed by atoms with Crippen LogP contribution in [0.1, 0.15) is 11.4 Å². The van der Waals surface area contributed by atoms with E-state index in [-0.39, 0.29) is 23.7 Å². The SMILES string of the molecule is CNCc1cc(Cl)cc(S(=O)(=O)NCc2ncc[nH]2)c1F. The fraction of sp³-hybridized carbons (Fsp3) is 0.250. The molecule has 0 fully saturated rings. The molecule has 9 heteroatoms. The maximum atomic E-state index is 14.3. The number of nitrogens with zero attached hydrogens (tertiary/aromatic N) is 1. The van der Waals surface area contributed by atoms with Gasteiger partial charge in [0.15, 0.2) is 0 Å². The molecule has 0 bridgehead atoms. The Hall–Kier alpha value is -1.48. The molecule has 0 atom stereocenters. The molecule has 1 aromatic carbocycles. The van der Waals surface area contributed by atoms with Crippen LogP contribution in [0.15, 0.2) is 29.4 Å². The summed E-state index contributed by atoms with van der Waals surface area (Å²) in [7, 11) is -2.40. The molecule has 0 unspecified atom stereocenters. The van der Waals surface area contributed by atoms with Gasteiger partial charge in [-0.05, 0) is 19.2 Å².